The van der Waals surface area contributed by atoms with Gasteiger partial charge in [-0.3, -0.25) is 10.2 Å². The van der Waals surface area contributed by atoms with Crippen LogP contribution >= 0.6 is 11.3 Å². The Bertz CT molecular complexity index is 800. The van der Waals surface area contributed by atoms with Crippen molar-refractivity contribution < 1.29 is 4.79 Å². The van der Waals surface area contributed by atoms with Crippen LogP contribution in [0.2, 0.25) is 0 Å². The number of likely N-dealkylation sites (tertiary alicyclic amines) is 1. The summed E-state index contributed by atoms with van der Waals surface area (Å²) < 4.78 is 0. The highest BCUT2D eigenvalue weighted by molar-refractivity contribution is 7.14. The van der Waals surface area contributed by atoms with E-state index in [1.165, 1.54) is 11.3 Å². The van der Waals surface area contributed by atoms with Crippen molar-refractivity contribution in [3.63, 3.8) is 0 Å². The second-order valence-corrected chi connectivity index (χ2v) is 7.63. The van der Waals surface area contributed by atoms with Gasteiger partial charge in [-0.15, -0.1) is 11.3 Å². The molecule has 1 amide bonds. The Kier molecular flexibility index (Phi) is 6.43. The van der Waals surface area contributed by atoms with Crippen molar-refractivity contribution in [2.45, 2.75) is 45.2 Å². The fraction of sp³-hybridized carbons (Fsp3) is 0.450. The number of aromatic nitrogens is 1. The molecule has 1 saturated heterocycles. The number of carbonyl (C=O) groups excluding carboxylic acids is 1. The number of amides is 1. The van der Waals surface area contributed by atoms with Crippen LogP contribution in [0, 0.1) is 11.3 Å². The number of hydrogen-bond donors (Lipinski definition) is 1. The van der Waals surface area contributed by atoms with Gasteiger partial charge in [0, 0.05) is 23.5 Å². The van der Waals surface area contributed by atoms with Gasteiger partial charge in [-0.1, -0.05) is 37.3 Å². The Hall–Kier alpha value is -2.43. The molecule has 1 aromatic carbocycles. The highest BCUT2D eigenvalue weighted by Gasteiger charge is 2.30. The first kappa shape index (κ1) is 19.3. The van der Waals surface area contributed by atoms with E-state index >= 15 is 0 Å². The number of rotatable bonds is 7. The number of hydrogen-bond acceptors (Lipinski definition) is 6. The summed E-state index contributed by atoms with van der Waals surface area (Å²) in [6.45, 7) is 5.07. The highest BCUT2D eigenvalue weighted by atomic mass is 32.1. The van der Waals surface area contributed by atoms with Crippen molar-refractivity contribution in [2.75, 3.05) is 18.5 Å². The maximum absolute atomic E-state index is 12.7. The Morgan fingerprint density at radius 2 is 2.26 bits per heavy atom. The second kappa shape index (κ2) is 8.98. The van der Waals surface area contributed by atoms with Gasteiger partial charge in [0.25, 0.3) is 0 Å². The molecule has 0 aliphatic carbocycles. The van der Waals surface area contributed by atoms with Crippen LogP contribution in [-0.4, -0.2) is 46.0 Å². The molecular weight excluding hydrogens is 358 g/mol. The SMILES string of the molecule is CC[C@H](C)N(CC(=O)N1CCCC1C#N)Nc1nc(-c2ccccc2)cs1. The third-order valence-corrected chi connectivity index (χ3v) is 5.71. The van der Waals surface area contributed by atoms with E-state index < -0.39 is 0 Å². The lowest BCUT2D eigenvalue weighted by molar-refractivity contribution is -0.132. The third kappa shape index (κ3) is 4.65. The average Bonchev–Trinajstić information content (AvgIpc) is 3.36. The molecule has 1 unspecified atom stereocenters. The zero-order valence-electron chi connectivity index (χ0n) is 15.8. The van der Waals surface area contributed by atoms with Crippen molar-refractivity contribution in [1.29, 1.82) is 5.26 Å². The predicted octanol–water partition coefficient (Wildman–Crippen LogP) is 3.75. The number of anilines is 1. The summed E-state index contributed by atoms with van der Waals surface area (Å²) in [4.78, 5) is 19.1. The molecule has 1 fully saturated rings. The molecule has 1 N–H and O–H groups in total. The lowest BCUT2D eigenvalue weighted by Gasteiger charge is -2.30. The monoisotopic (exact) mass is 383 g/mol. The molecule has 2 heterocycles. The third-order valence-electron chi connectivity index (χ3n) is 4.96. The van der Waals surface area contributed by atoms with Crippen LogP contribution in [0.3, 0.4) is 0 Å². The molecule has 0 bridgehead atoms. The normalized spacial score (nSPS) is 17.7. The van der Waals surface area contributed by atoms with Gasteiger partial charge in [0.1, 0.15) is 6.04 Å². The van der Waals surface area contributed by atoms with Crippen LogP contribution in [0.1, 0.15) is 33.1 Å². The van der Waals surface area contributed by atoms with E-state index in [-0.39, 0.29) is 24.5 Å². The minimum atomic E-state index is -0.291. The smallest absolute Gasteiger partial charge is 0.239 e. The van der Waals surface area contributed by atoms with Crippen LogP contribution in [0.25, 0.3) is 11.3 Å². The average molecular weight is 384 g/mol. The summed E-state index contributed by atoms with van der Waals surface area (Å²) in [7, 11) is 0. The Morgan fingerprint density at radius 3 is 2.96 bits per heavy atom. The molecule has 1 aromatic heterocycles. The largest absolute Gasteiger partial charge is 0.325 e. The highest BCUT2D eigenvalue weighted by Crippen LogP contribution is 2.25. The van der Waals surface area contributed by atoms with Gasteiger partial charge in [-0.25, -0.2) is 9.99 Å². The molecule has 0 saturated carbocycles. The molecule has 0 spiro atoms. The Morgan fingerprint density at radius 1 is 1.48 bits per heavy atom. The molecule has 0 radical (unpaired) electrons. The Labute approximate surface area is 164 Å². The van der Waals surface area contributed by atoms with Gasteiger partial charge in [-0.2, -0.15) is 5.26 Å². The molecule has 142 valence electrons. The summed E-state index contributed by atoms with van der Waals surface area (Å²) in [5.74, 6) is -0.00770. The number of thiazole rings is 1. The Balaban J connectivity index is 1.70. The summed E-state index contributed by atoms with van der Waals surface area (Å²) in [6.07, 6.45) is 2.57. The number of nitrogens with zero attached hydrogens (tertiary/aromatic N) is 4. The van der Waals surface area contributed by atoms with E-state index in [1.54, 1.807) is 4.90 Å². The molecule has 2 aromatic rings. The topological polar surface area (TPSA) is 72.3 Å². The first-order valence-corrected chi connectivity index (χ1v) is 10.2. The first-order valence-electron chi connectivity index (χ1n) is 9.35. The van der Waals surface area contributed by atoms with E-state index in [0.29, 0.717) is 6.54 Å². The number of hydrazine groups is 1. The molecule has 1 aliphatic rings. The maximum Gasteiger partial charge on any atom is 0.239 e. The number of benzene rings is 1. The summed E-state index contributed by atoms with van der Waals surface area (Å²) in [5.41, 5.74) is 5.31. The van der Waals surface area contributed by atoms with E-state index in [9.17, 15) is 10.1 Å². The van der Waals surface area contributed by atoms with Gasteiger partial charge in [0.2, 0.25) is 5.91 Å². The fourth-order valence-corrected chi connectivity index (χ4v) is 3.88. The van der Waals surface area contributed by atoms with Gasteiger partial charge < -0.3 is 4.90 Å². The van der Waals surface area contributed by atoms with Crippen LogP contribution in [0.4, 0.5) is 5.13 Å². The zero-order chi connectivity index (χ0) is 19.2. The zero-order valence-corrected chi connectivity index (χ0v) is 16.6. The summed E-state index contributed by atoms with van der Waals surface area (Å²) >= 11 is 1.52. The standard InChI is InChI=1S/C20H25N5OS/c1-3-15(2)25(13-19(26)24-11-7-10-17(24)12-21)23-20-22-18(14-27-20)16-8-5-4-6-9-16/h4-6,8-9,14-15,17H,3,7,10-11,13H2,1-2H3,(H,22,23)/t15-,17?/m0/s1. The van der Waals surface area contributed by atoms with Gasteiger partial charge in [-0.05, 0) is 26.2 Å². The number of carbonyl (C=O) groups is 1. The number of nitrogens with one attached hydrogen (secondary N) is 1. The summed E-state index contributed by atoms with van der Waals surface area (Å²) in [6, 6.07) is 12.2. The van der Waals surface area contributed by atoms with E-state index in [4.69, 9.17) is 0 Å². The molecular formula is C20H25N5OS. The van der Waals surface area contributed by atoms with E-state index in [2.05, 4.69) is 30.3 Å². The minimum Gasteiger partial charge on any atom is -0.325 e. The van der Waals surface area contributed by atoms with Crippen LogP contribution in [-0.2, 0) is 4.79 Å². The van der Waals surface area contributed by atoms with Gasteiger partial charge >= 0.3 is 0 Å². The second-order valence-electron chi connectivity index (χ2n) is 6.78. The van der Waals surface area contributed by atoms with Crippen LogP contribution in [0.5, 0.6) is 0 Å². The quantitative estimate of drug-likeness (QED) is 0.737. The van der Waals surface area contributed by atoms with Crippen molar-refractivity contribution in [2.24, 2.45) is 0 Å². The lowest BCUT2D eigenvalue weighted by Crippen LogP contribution is -2.47. The van der Waals surface area contributed by atoms with Gasteiger partial charge in [0.15, 0.2) is 5.13 Å². The van der Waals surface area contributed by atoms with Crippen molar-refractivity contribution in [3.05, 3.63) is 35.7 Å². The maximum atomic E-state index is 12.7. The van der Waals surface area contributed by atoms with E-state index in [0.717, 1.165) is 35.7 Å². The molecule has 3 rings (SSSR count). The predicted molar refractivity (Wildman–Crippen MR) is 108 cm³/mol. The molecule has 2 atom stereocenters. The summed E-state index contributed by atoms with van der Waals surface area (Å²) in [5, 5.41) is 14.0. The van der Waals surface area contributed by atoms with Crippen LogP contribution < -0.4 is 5.43 Å². The number of nitriles is 1. The van der Waals surface area contributed by atoms with Crippen molar-refractivity contribution >= 4 is 22.4 Å². The molecule has 27 heavy (non-hydrogen) atoms. The minimum absolute atomic E-state index is 0.00770. The van der Waals surface area contributed by atoms with E-state index in [1.807, 2.05) is 40.7 Å². The molecule has 6 nitrogen and oxygen atoms in total. The molecule has 1 aliphatic heterocycles. The lowest BCUT2D eigenvalue weighted by atomic mass is 10.2. The van der Waals surface area contributed by atoms with Gasteiger partial charge in [0.05, 0.1) is 18.3 Å². The first-order chi connectivity index (χ1) is 13.1. The molecule has 7 heteroatoms. The van der Waals surface area contributed by atoms with Crippen LogP contribution in [0.15, 0.2) is 35.7 Å². The fourth-order valence-electron chi connectivity index (χ4n) is 3.15. The van der Waals surface area contributed by atoms with Crippen molar-refractivity contribution in [3.8, 4) is 17.3 Å². The van der Waals surface area contributed by atoms with Crippen molar-refractivity contribution in [1.82, 2.24) is 14.9 Å².